The lowest BCUT2D eigenvalue weighted by Crippen LogP contribution is -2.17. The average molecular weight is 462 g/mol. The first kappa shape index (κ1) is 21.0. The monoisotopic (exact) mass is 461 g/mol. The molecule has 34 heavy (non-hydrogen) atoms. The number of fused-ring (bicyclic) bond motifs is 2. The quantitative estimate of drug-likeness (QED) is 0.312. The molecule has 0 unspecified atom stereocenters. The van der Waals surface area contributed by atoms with E-state index < -0.39 is 0 Å². The molecule has 166 valence electrons. The molecule has 1 aromatic heterocycles. The summed E-state index contributed by atoms with van der Waals surface area (Å²) in [7, 11) is 0. The first-order valence-electron chi connectivity index (χ1n) is 11.6. The molecule has 1 heterocycles. The molecule has 0 atom stereocenters. The Morgan fingerprint density at radius 2 is 1.29 bits per heavy atom. The van der Waals surface area contributed by atoms with E-state index in [0.717, 1.165) is 35.4 Å². The number of nitrogens with zero attached hydrogens (tertiary/aromatic N) is 3. The fourth-order valence-corrected chi connectivity index (χ4v) is 5.27. The highest BCUT2D eigenvalue weighted by Crippen LogP contribution is 2.51. The molecule has 0 fully saturated rings. The largest absolute Gasteiger partial charge is 0.209 e. The summed E-state index contributed by atoms with van der Waals surface area (Å²) in [4.78, 5) is 14.7. The lowest BCUT2D eigenvalue weighted by molar-refractivity contribution is 0.652. The van der Waals surface area contributed by atoms with Crippen LogP contribution in [0.4, 0.5) is 0 Å². The fraction of sp³-hybridized carbons (Fsp3) is 0.167. The highest BCUT2D eigenvalue weighted by atomic mass is 35.5. The molecule has 0 aliphatic heterocycles. The molecular formula is C30H24ClN3. The maximum Gasteiger partial charge on any atom is 0.164 e. The van der Waals surface area contributed by atoms with E-state index in [2.05, 4.69) is 44.2 Å². The second-order valence-corrected chi connectivity index (χ2v) is 9.85. The van der Waals surface area contributed by atoms with Gasteiger partial charge < -0.3 is 0 Å². The molecule has 3 nitrogen and oxygen atoms in total. The lowest BCUT2D eigenvalue weighted by atomic mass is 9.79. The summed E-state index contributed by atoms with van der Waals surface area (Å²) in [5, 5.41) is 0.693. The number of benzene rings is 3. The predicted molar refractivity (Wildman–Crippen MR) is 139 cm³/mol. The van der Waals surface area contributed by atoms with Crippen LogP contribution >= 0.6 is 11.6 Å². The van der Waals surface area contributed by atoms with Crippen LogP contribution in [0.25, 0.3) is 33.9 Å². The summed E-state index contributed by atoms with van der Waals surface area (Å²) in [6, 6.07) is 26.6. The Labute approximate surface area is 204 Å². The summed E-state index contributed by atoms with van der Waals surface area (Å²) >= 11 is 6.13. The highest BCUT2D eigenvalue weighted by molar-refractivity contribution is 6.30. The second-order valence-electron chi connectivity index (χ2n) is 9.41. The number of hydrogen-bond donors (Lipinski definition) is 0. The van der Waals surface area contributed by atoms with Gasteiger partial charge in [0.2, 0.25) is 0 Å². The van der Waals surface area contributed by atoms with Gasteiger partial charge in [-0.2, -0.15) is 0 Å². The van der Waals surface area contributed by atoms with Crippen LogP contribution in [0, 0.1) is 0 Å². The van der Waals surface area contributed by atoms with Gasteiger partial charge in [-0.1, -0.05) is 86.1 Å². The maximum absolute atomic E-state index is 6.13. The minimum atomic E-state index is -0.0358. The van der Waals surface area contributed by atoms with Crippen molar-refractivity contribution < 1.29 is 0 Å². The maximum atomic E-state index is 6.13. The summed E-state index contributed by atoms with van der Waals surface area (Å²) in [6.07, 6.45) is 4.22. The normalized spacial score (nSPS) is 16.1. The number of allylic oxidation sites excluding steroid dienone is 4. The Morgan fingerprint density at radius 1 is 0.676 bits per heavy atom. The number of rotatable bonds is 3. The Morgan fingerprint density at radius 3 is 2.03 bits per heavy atom. The molecule has 2 aliphatic rings. The third-order valence-electron chi connectivity index (χ3n) is 6.94. The van der Waals surface area contributed by atoms with E-state index in [-0.39, 0.29) is 5.41 Å². The molecule has 0 amide bonds. The smallest absolute Gasteiger partial charge is 0.164 e. The minimum Gasteiger partial charge on any atom is -0.209 e. The molecular weight excluding hydrogens is 438 g/mol. The SMILES string of the molecule is CC1(C)C2=C(CCC(c3nc(-c4ccccc4)nc(-c4ccc(Cl)cc4)n3)=C2)c2ccccc21. The van der Waals surface area contributed by atoms with Gasteiger partial charge in [0.15, 0.2) is 17.5 Å². The van der Waals surface area contributed by atoms with Gasteiger partial charge in [-0.05, 0) is 65.0 Å². The van der Waals surface area contributed by atoms with Gasteiger partial charge in [-0.15, -0.1) is 0 Å². The predicted octanol–water partition coefficient (Wildman–Crippen LogP) is 7.78. The standard InChI is InChI=1S/C30H24ClN3/c1-30(2)25-11-7-6-10-23(25)24-17-14-21(18-26(24)30)29-33-27(19-8-4-3-5-9-19)32-28(34-29)20-12-15-22(31)16-13-20/h3-13,15-16,18H,14,17H2,1-2H3. The first-order chi connectivity index (χ1) is 16.5. The van der Waals surface area contributed by atoms with Gasteiger partial charge in [0.1, 0.15) is 0 Å². The first-order valence-corrected chi connectivity index (χ1v) is 12.0. The van der Waals surface area contributed by atoms with Crippen LogP contribution in [0.15, 0.2) is 90.5 Å². The van der Waals surface area contributed by atoms with Gasteiger partial charge >= 0.3 is 0 Å². The molecule has 3 aromatic carbocycles. The van der Waals surface area contributed by atoms with Crippen molar-refractivity contribution in [1.82, 2.24) is 15.0 Å². The van der Waals surface area contributed by atoms with Crippen LogP contribution in [0.5, 0.6) is 0 Å². The second kappa shape index (κ2) is 8.03. The molecule has 6 rings (SSSR count). The number of aromatic nitrogens is 3. The molecule has 4 aromatic rings. The Balaban J connectivity index is 1.50. The van der Waals surface area contributed by atoms with Crippen molar-refractivity contribution in [3.8, 4) is 22.8 Å². The Bertz CT molecular complexity index is 1460. The number of halogens is 1. The Kier molecular flexibility index (Phi) is 4.96. The molecule has 0 radical (unpaired) electrons. The molecule has 4 heteroatoms. The molecule has 0 saturated carbocycles. The Hall–Kier alpha value is -3.56. The van der Waals surface area contributed by atoms with Crippen LogP contribution in [0.3, 0.4) is 0 Å². The van der Waals surface area contributed by atoms with E-state index >= 15 is 0 Å². The van der Waals surface area contributed by atoms with Crippen molar-refractivity contribution in [3.63, 3.8) is 0 Å². The van der Waals surface area contributed by atoms with Gasteiger partial charge in [-0.25, -0.2) is 15.0 Å². The summed E-state index contributed by atoms with van der Waals surface area (Å²) < 4.78 is 0. The van der Waals surface area contributed by atoms with Crippen molar-refractivity contribution in [2.75, 3.05) is 0 Å². The van der Waals surface area contributed by atoms with Gasteiger partial charge in [0.25, 0.3) is 0 Å². The molecule has 0 bridgehead atoms. The number of hydrogen-bond acceptors (Lipinski definition) is 3. The van der Waals surface area contributed by atoms with E-state index in [9.17, 15) is 0 Å². The fourth-order valence-electron chi connectivity index (χ4n) is 5.14. The van der Waals surface area contributed by atoms with Crippen molar-refractivity contribution >= 4 is 22.7 Å². The van der Waals surface area contributed by atoms with Crippen LogP contribution in [0.1, 0.15) is 43.6 Å². The van der Waals surface area contributed by atoms with Crippen LogP contribution in [-0.4, -0.2) is 15.0 Å². The van der Waals surface area contributed by atoms with Crippen LogP contribution in [-0.2, 0) is 5.41 Å². The zero-order chi connectivity index (χ0) is 23.3. The van der Waals surface area contributed by atoms with Gasteiger partial charge in [0, 0.05) is 21.6 Å². The highest BCUT2D eigenvalue weighted by Gasteiger charge is 2.38. The molecule has 0 saturated heterocycles. The van der Waals surface area contributed by atoms with E-state index in [1.54, 1.807) is 0 Å². The zero-order valence-electron chi connectivity index (χ0n) is 19.2. The topological polar surface area (TPSA) is 38.7 Å². The van der Waals surface area contributed by atoms with Crippen molar-refractivity contribution in [3.05, 3.63) is 112 Å². The van der Waals surface area contributed by atoms with Crippen molar-refractivity contribution in [1.29, 1.82) is 0 Å². The van der Waals surface area contributed by atoms with Crippen LogP contribution in [0.2, 0.25) is 5.02 Å². The van der Waals surface area contributed by atoms with Crippen LogP contribution < -0.4 is 0 Å². The summed E-state index contributed by atoms with van der Waals surface area (Å²) in [6.45, 7) is 4.63. The van der Waals surface area contributed by atoms with Gasteiger partial charge in [-0.3, -0.25) is 0 Å². The third-order valence-corrected chi connectivity index (χ3v) is 7.20. The average Bonchev–Trinajstić information content (AvgIpc) is 3.11. The van der Waals surface area contributed by atoms with Crippen molar-refractivity contribution in [2.24, 2.45) is 0 Å². The summed E-state index contributed by atoms with van der Waals surface area (Å²) in [5.41, 5.74) is 8.66. The molecule has 0 N–H and O–H groups in total. The molecule has 2 aliphatic carbocycles. The van der Waals surface area contributed by atoms with Crippen molar-refractivity contribution in [2.45, 2.75) is 32.1 Å². The summed E-state index contributed by atoms with van der Waals surface area (Å²) in [5.74, 6) is 2.09. The minimum absolute atomic E-state index is 0.0358. The van der Waals surface area contributed by atoms with E-state index in [1.165, 1.54) is 22.3 Å². The molecule has 0 spiro atoms. The van der Waals surface area contributed by atoms with Gasteiger partial charge in [0.05, 0.1) is 0 Å². The lowest BCUT2D eigenvalue weighted by Gasteiger charge is -2.25. The van der Waals surface area contributed by atoms with E-state index in [1.807, 2.05) is 54.6 Å². The van der Waals surface area contributed by atoms with E-state index in [4.69, 9.17) is 26.6 Å². The van der Waals surface area contributed by atoms with E-state index in [0.29, 0.717) is 16.7 Å². The zero-order valence-corrected chi connectivity index (χ0v) is 20.0. The third kappa shape index (κ3) is 3.48.